The highest BCUT2D eigenvalue weighted by atomic mass is 32.1. The molecule has 1 spiro atoms. The molecule has 2 aromatic heterocycles. The van der Waals surface area contributed by atoms with Crippen LogP contribution in [0.25, 0.3) is 0 Å². The van der Waals surface area contributed by atoms with E-state index in [1.165, 1.54) is 4.88 Å². The number of aryl methyl sites for hydroxylation is 3. The Kier molecular flexibility index (Phi) is 6.29. The van der Waals surface area contributed by atoms with Crippen molar-refractivity contribution >= 4 is 17.2 Å². The summed E-state index contributed by atoms with van der Waals surface area (Å²) in [6.45, 7) is 9.28. The van der Waals surface area contributed by atoms with Crippen LogP contribution in [0.5, 0.6) is 0 Å². The molecule has 2 saturated heterocycles. The van der Waals surface area contributed by atoms with Gasteiger partial charge in [0, 0.05) is 56.4 Å². The largest absolute Gasteiger partial charge is 0.370 e. The van der Waals surface area contributed by atoms with Crippen LogP contribution in [0.15, 0.2) is 18.7 Å². The lowest BCUT2D eigenvalue weighted by molar-refractivity contribution is -0.130. The number of rotatable bonds is 7. The number of ether oxygens (including phenoxy) is 2. The molecule has 0 radical (unpaired) electrons. The number of morpholine rings is 1. The zero-order valence-electron chi connectivity index (χ0n) is 17.1. The molecule has 158 valence electrons. The lowest BCUT2D eigenvalue weighted by Gasteiger charge is -2.39. The number of nitrogens with zero attached hydrogens (tertiary/aromatic N) is 4. The summed E-state index contributed by atoms with van der Waals surface area (Å²) in [6, 6.07) is 0. The van der Waals surface area contributed by atoms with Crippen LogP contribution < -0.4 is 5.32 Å². The van der Waals surface area contributed by atoms with E-state index in [2.05, 4.69) is 27.1 Å². The third-order valence-electron chi connectivity index (χ3n) is 5.54. The fourth-order valence-corrected chi connectivity index (χ4v) is 5.05. The van der Waals surface area contributed by atoms with Gasteiger partial charge >= 0.3 is 0 Å². The van der Waals surface area contributed by atoms with E-state index in [-0.39, 0.29) is 11.5 Å². The summed E-state index contributed by atoms with van der Waals surface area (Å²) in [6.07, 6.45) is 6.50. The van der Waals surface area contributed by atoms with E-state index in [1.54, 1.807) is 23.9 Å². The fraction of sp³-hybridized carbons (Fsp3) is 0.650. The maximum atomic E-state index is 12.5. The van der Waals surface area contributed by atoms with Crippen molar-refractivity contribution in [2.75, 3.05) is 32.8 Å². The number of amides is 1. The molecule has 2 fully saturated rings. The molecular weight excluding hydrogens is 390 g/mol. The van der Waals surface area contributed by atoms with Gasteiger partial charge in [-0.3, -0.25) is 9.69 Å². The SMILES string of the molecule is Cc1nc(C)c(CN2CCO[C@]3(CO[C@H](C(=O)NCCCn4ccnc4)C3)C2)s1. The minimum absolute atomic E-state index is 0.0397. The number of imidazole rings is 1. The molecule has 9 heteroatoms. The maximum absolute atomic E-state index is 12.5. The van der Waals surface area contributed by atoms with Gasteiger partial charge in [-0.25, -0.2) is 9.97 Å². The van der Waals surface area contributed by atoms with Crippen molar-refractivity contribution < 1.29 is 14.3 Å². The van der Waals surface area contributed by atoms with Crippen molar-refractivity contribution in [3.63, 3.8) is 0 Å². The van der Waals surface area contributed by atoms with Gasteiger partial charge < -0.3 is 19.4 Å². The van der Waals surface area contributed by atoms with Gasteiger partial charge in [0.15, 0.2) is 0 Å². The van der Waals surface area contributed by atoms with E-state index in [0.29, 0.717) is 26.2 Å². The highest BCUT2D eigenvalue weighted by Gasteiger charge is 2.46. The Morgan fingerprint density at radius 3 is 3.10 bits per heavy atom. The number of thiazole rings is 1. The Labute approximate surface area is 175 Å². The zero-order chi connectivity index (χ0) is 20.3. The monoisotopic (exact) mass is 419 g/mol. The Bertz CT molecular complexity index is 824. The summed E-state index contributed by atoms with van der Waals surface area (Å²) >= 11 is 1.76. The van der Waals surface area contributed by atoms with Crippen molar-refractivity contribution in [1.82, 2.24) is 24.8 Å². The van der Waals surface area contributed by atoms with Crippen LogP contribution in [-0.2, 0) is 27.4 Å². The number of carbonyl (C=O) groups excluding carboxylic acids is 1. The number of carbonyl (C=O) groups is 1. The predicted molar refractivity (Wildman–Crippen MR) is 110 cm³/mol. The van der Waals surface area contributed by atoms with Crippen molar-refractivity contribution in [2.24, 2.45) is 0 Å². The second-order valence-electron chi connectivity index (χ2n) is 7.93. The third-order valence-corrected chi connectivity index (χ3v) is 6.60. The number of nitrogens with one attached hydrogen (secondary N) is 1. The highest BCUT2D eigenvalue weighted by molar-refractivity contribution is 7.11. The molecule has 2 aromatic rings. The minimum Gasteiger partial charge on any atom is -0.370 e. The summed E-state index contributed by atoms with van der Waals surface area (Å²) < 4.78 is 14.0. The average molecular weight is 420 g/mol. The second kappa shape index (κ2) is 8.91. The molecule has 0 aromatic carbocycles. The summed E-state index contributed by atoms with van der Waals surface area (Å²) in [5, 5.41) is 4.10. The number of hydrogen-bond acceptors (Lipinski definition) is 7. The molecule has 0 bridgehead atoms. The molecule has 0 aliphatic carbocycles. The van der Waals surface area contributed by atoms with Gasteiger partial charge in [0.1, 0.15) is 11.7 Å². The summed E-state index contributed by atoms with van der Waals surface area (Å²) in [5.74, 6) is -0.0397. The van der Waals surface area contributed by atoms with Gasteiger partial charge in [-0.05, 0) is 20.3 Å². The fourth-order valence-electron chi connectivity index (χ4n) is 4.08. The number of hydrogen-bond donors (Lipinski definition) is 1. The van der Waals surface area contributed by atoms with E-state index in [1.807, 2.05) is 17.7 Å². The Morgan fingerprint density at radius 1 is 1.45 bits per heavy atom. The summed E-state index contributed by atoms with van der Waals surface area (Å²) in [4.78, 5) is 24.8. The van der Waals surface area contributed by atoms with Gasteiger partial charge in [0.25, 0.3) is 0 Å². The Hall–Kier alpha value is -1.81. The lowest BCUT2D eigenvalue weighted by atomic mass is 9.97. The van der Waals surface area contributed by atoms with E-state index < -0.39 is 6.10 Å². The lowest BCUT2D eigenvalue weighted by Crippen LogP contribution is -2.52. The van der Waals surface area contributed by atoms with Gasteiger partial charge in [-0.1, -0.05) is 0 Å². The van der Waals surface area contributed by atoms with Crippen LogP contribution in [0.3, 0.4) is 0 Å². The van der Waals surface area contributed by atoms with Crippen LogP contribution in [-0.4, -0.2) is 69.9 Å². The molecule has 0 saturated carbocycles. The minimum atomic E-state index is -0.435. The average Bonchev–Trinajstić information content (AvgIpc) is 3.41. The van der Waals surface area contributed by atoms with E-state index in [4.69, 9.17) is 9.47 Å². The van der Waals surface area contributed by atoms with E-state index >= 15 is 0 Å². The summed E-state index contributed by atoms with van der Waals surface area (Å²) in [7, 11) is 0. The third kappa shape index (κ3) is 5.03. The first-order chi connectivity index (χ1) is 14.0. The first kappa shape index (κ1) is 20.5. The first-order valence-corrected chi connectivity index (χ1v) is 11.0. The molecule has 4 heterocycles. The van der Waals surface area contributed by atoms with E-state index in [0.717, 1.165) is 43.3 Å². The van der Waals surface area contributed by atoms with Crippen molar-refractivity contribution in [1.29, 1.82) is 0 Å². The van der Waals surface area contributed by atoms with Crippen LogP contribution in [0, 0.1) is 13.8 Å². The highest BCUT2D eigenvalue weighted by Crippen LogP contribution is 2.32. The molecule has 1 amide bonds. The second-order valence-corrected chi connectivity index (χ2v) is 9.22. The Balaban J connectivity index is 1.25. The molecule has 1 N–H and O–H groups in total. The van der Waals surface area contributed by atoms with Crippen molar-refractivity contribution in [2.45, 2.75) is 51.5 Å². The molecule has 8 nitrogen and oxygen atoms in total. The van der Waals surface area contributed by atoms with Crippen LogP contribution in [0.2, 0.25) is 0 Å². The smallest absolute Gasteiger partial charge is 0.249 e. The summed E-state index contributed by atoms with van der Waals surface area (Å²) in [5.41, 5.74) is 0.730. The maximum Gasteiger partial charge on any atom is 0.249 e. The van der Waals surface area contributed by atoms with Gasteiger partial charge in [-0.15, -0.1) is 11.3 Å². The zero-order valence-corrected chi connectivity index (χ0v) is 17.9. The van der Waals surface area contributed by atoms with Crippen LogP contribution in [0.4, 0.5) is 0 Å². The van der Waals surface area contributed by atoms with Gasteiger partial charge in [0.2, 0.25) is 5.91 Å². The molecule has 2 aliphatic rings. The van der Waals surface area contributed by atoms with Crippen LogP contribution in [0.1, 0.15) is 28.4 Å². The van der Waals surface area contributed by atoms with Gasteiger partial charge in [0.05, 0.1) is 30.2 Å². The molecule has 4 rings (SSSR count). The van der Waals surface area contributed by atoms with Gasteiger partial charge in [-0.2, -0.15) is 0 Å². The first-order valence-electron chi connectivity index (χ1n) is 10.2. The Morgan fingerprint density at radius 2 is 2.34 bits per heavy atom. The topological polar surface area (TPSA) is 81.5 Å². The van der Waals surface area contributed by atoms with Crippen molar-refractivity contribution in [3.8, 4) is 0 Å². The molecule has 2 aliphatic heterocycles. The molecule has 0 unspecified atom stereocenters. The molecular formula is C20H29N5O3S. The standard InChI is InChI=1S/C20H29N5O3S/c1-15-18(29-16(2)23-15)11-25-8-9-28-20(12-25)10-17(27-13-20)19(26)22-4-3-6-24-7-5-21-14-24/h5,7,14,17H,3-4,6,8-13H2,1-2H3,(H,22,26)/t17-,20-/m0/s1. The predicted octanol–water partition coefficient (Wildman–Crippen LogP) is 1.52. The normalized spacial score (nSPS) is 25.0. The van der Waals surface area contributed by atoms with E-state index in [9.17, 15) is 4.79 Å². The quantitative estimate of drug-likeness (QED) is 0.686. The van der Waals surface area contributed by atoms with Crippen molar-refractivity contribution in [3.05, 3.63) is 34.3 Å². The number of aromatic nitrogens is 3. The van der Waals surface area contributed by atoms with Crippen LogP contribution >= 0.6 is 11.3 Å². The molecule has 29 heavy (non-hydrogen) atoms. The molecule has 2 atom stereocenters.